The van der Waals surface area contributed by atoms with Crippen molar-refractivity contribution >= 4 is 40.1 Å². The van der Waals surface area contributed by atoms with Crippen LogP contribution in [0.3, 0.4) is 0 Å². The average molecular weight is 319 g/mol. The number of rotatable bonds is 2. The molecule has 4 nitrogen and oxygen atoms in total. The summed E-state index contributed by atoms with van der Waals surface area (Å²) in [6.07, 6.45) is 4.04. The second kappa shape index (κ2) is 4.61. The third-order valence-electron chi connectivity index (χ3n) is 3.70. The number of pyridine rings is 1. The molecule has 0 aliphatic heterocycles. The molecular weight excluding hydrogens is 307 g/mol. The smallest absolute Gasteiger partial charge is 0.160 e. The SMILES string of the molecule is Nc1c(Cl)cc(Cl)cc1-c1nc2cccnc2n1C1CC1. The standard InChI is InChI=1S/C15H12Cl2N4/c16-8-6-10(13(18)11(17)7-8)14-20-12-2-1-5-19-15(12)21(14)9-3-4-9/h1-2,5-7,9H,3-4,18H2. The number of fused-ring (bicyclic) bond motifs is 1. The van der Waals surface area contributed by atoms with E-state index in [2.05, 4.69) is 9.55 Å². The quantitative estimate of drug-likeness (QED) is 0.716. The van der Waals surface area contributed by atoms with Crippen LogP contribution in [0.25, 0.3) is 22.6 Å². The maximum Gasteiger partial charge on any atom is 0.160 e. The van der Waals surface area contributed by atoms with Gasteiger partial charge in [0.15, 0.2) is 5.65 Å². The van der Waals surface area contributed by atoms with Crippen LogP contribution < -0.4 is 5.73 Å². The zero-order valence-electron chi connectivity index (χ0n) is 11.1. The fourth-order valence-electron chi connectivity index (χ4n) is 2.57. The van der Waals surface area contributed by atoms with E-state index in [1.54, 1.807) is 12.3 Å². The molecule has 0 bridgehead atoms. The summed E-state index contributed by atoms with van der Waals surface area (Å²) < 4.78 is 2.15. The number of benzene rings is 1. The van der Waals surface area contributed by atoms with Crippen LogP contribution in [0.5, 0.6) is 0 Å². The van der Waals surface area contributed by atoms with Crippen LogP contribution in [0, 0.1) is 0 Å². The van der Waals surface area contributed by atoms with Crippen LogP contribution >= 0.6 is 23.2 Å². The van der Waals surface area contributed by atoms with Crippen LogP contribution in [-0.4, -0.2) is 14.5 Å². The summed E-state index contributed by atoms with van der Waals surface area (Å²) in [7, 11) is 0. The number of halogens is 2. The molecule has 1 aliphatic rings. The van der Waals surface area contributed by atoms with Crippen LogP contribution in [0.4, 0.5) is 5.69 Å². The Bertz CT molecular complexity index is 852. The second-order valence-corrected chi connectivity index (χ2v) is 6.08. The van der Waals surface area contributed by atoms with Crippen LogP contribution in [0.1, 0.15) is 18.9 Å². The molecule has 1 saturated carbocycles. The van der Waals surface area contributed by atoms with Gasteiger partial charge in [-0.3, -0.25) is 0 Å². The first-order valence-electron chi connectivity index (χ1n) is 6.73. The molecule has 1 aliphatic carbocycles. The Labute approximate surface area is 131 Å². The van der Waals surface area contributed by atoms with Crippen molar-refractivity contribution in [3.63, 3.8) is 0 Å². The first-order valence-corrected chi connectivity index (χ1v) is 7.48. The molecule has 21 heavy (non-hydrogen) atoms. The Balaban J connectivity index is 2.05. The molecule has 0 saturated heterocycles. The zero-order chi connectivity index (χ0) is 14.6. The normalized spacial score (nSPS) is 14.8. The third-order valence-corrected chi connectivity index (χ3v) is 4.23. The number of nitrogens with zero attached hydrogens (tertiary/aromatic N) is 3. The van der Waals surface area contributed by atoms with E-state index in [0.717, 1.165) is 35.4 Å². The van der Waals surface area contributed by atoms with E-state index >= 15 is 0 Å². The fraction of sp³-hybridized carbons (Fsp3) is 0.200. The molecular formula is C15H12Cl2N4. The van der Waals surface area contributed by atoms with Gasteiger partial charge in [-0.25, -0.2) is 9.97 Å². The predicted octanol–water partition coefficient (Wildman–Crippen LogP) is 4.32. The first-order chi connectivity index (χ1) is 10.1. The minimum absolute atomic E-state index is 0.428. The number of imidazole rings is 1. The maximum atomic E-state index is 6.15. The molecule has 0 radical (unpaired) electrons. The summed E-state index contributed by atoms with van der Waals surface area (Å²) in [5, 5.41) is 0.992. The van der Waals surface area contributed by atoms with Crippen molar-refractivity contribution in [3.8, 4) is 11.4 Å². The van der Waals surface area contributed by atoms with Crippen molar-refractivity contribution in [3.05, 3.63) is 40.5 Å². The largest absolute Gasteiger partial charge is 0.397 e. The van der Waals surface area contributed by atoms with Crippen molar-refractivity contribution in [1.29, 1.82) is 0 Å². The molecule has 1 fully saturated rings. The summed E-state index contributed by atoms with van der Waals surface area (Å²) in [5.41, 5.74) is 9.13. The lowest BCUT2D eigenvalue weighted by Crippen LogP contribution is -2.01. The van der Waals surface area contributed by atoms with Gasteiger partial charge in [0, 0.05) is 22.8 Å². The molecule has 3 aromatic rings. The lowest BCUT2D eigenvalue weighted by Gasteiger charge is -2.11. The van der Waals surface area contributed by atoms with Crippen LogP contribution in [0.2, 0.25) is 10.0 Å². The van der Waals surface area contributed by atoms with Gasteiger partial charge < -0.3 is 10.3 Å². The molecule has 2 heterocycles. The fourth-order valence-corrected chi connectivity index (χ4v) is 3.06. The molecule has 1 aromatic carbocycles. The van der Waals surface area contributed by atoms with Gasteiger partial charge in [-0.15, -0.1) is 0 Å². The second-order valence-electron chi connectivity index (χ2n) is 5.23. The van der Waals surface area contributed by atoms with E-state index in [-0.39, 0.29) is 0 Å². The van der Waals surface area contributed by atoms with Crippen molar-refractivity contribution in [2.45, 2.75) is 18.9 Å². The Morgan fingerprint density at radius 1 is 1.24 bits per heavy atom. The number of anilines is 1. The summed E-state index contributed by atoms with van der Waals surface area (Å²) >= 11 is 12.3. The van der Waals surface area contributed by atoms with E-state index in [4.69, 9.17) is 33.9 Å². The number of nitrogens with two attached hydrogens (primary N) is 1. The topological polar surface area (TPSA) is 56.7 Å². The highest BCUT2D eigenvalue weighted by Gasteiger charge is 2.30. The van der Waals surface area contributed by atoms with Crippen molar-refractivity contribution in [2.75, 3.05) is 5.73 Å². The average Bonchev–Trinajstić information content (AvgIpc) is 3.23. The molecule has 0 spiro atoms. The molecule has 4 rings (SSSR count). The van der Waals surface area contributed by atoms with Gasteiger partial charge in [-0.05, 0) is 37.1 Å². The highest BCUT2D eigenvalue weighted by molar-refractivity contribution is 6.37. The Morgan fingerprint density at radius 2 is 2.05 bits per heavy atom. The van der Waals surface area contributed by atoms with Gasteiger partial charge in [-0.1, -0.05) is 23.2 Å². The van der Waals surface area contributed by atoms with Crippen LogP contribution in [0.15, 0.2) is 30.5 Å². The van der Waals surface area contributed by atoms with Crippen molar-refractivity contribution < 1.29 is 0 Å². The van der Waals surface area contributed by atoms with Gasteiger partial charge in [0.2, 0.25) is 0 Å². The van der Waals surface area contributed by atoms with E-state index in [9.17, 15) is 0 Å². The molecule has 2 N–H and O–H groups in total. The zero-order valence-corrected chi connectivity index (χ0v) is 12.6. The Kier molecular flexibility index (Phi) is 2.84. The van der Waals surface area contributed by atoms with Crippen molar-refractivity contribution in [1.82, 2.24) is 14.5 Å². The van der Waals surface area contributed by atoms with E-state index < -0.39 is 0 Å². The molecule has 2 aromatic heterocycles. The molecule has 106 valence electrons. The Morgan fingerprint density at radius 3 is 2.81 bits per heavy atom. The molecule has 0 amide bonds. The lowest BCUT2D eigenvalue weighted by molar-refractivity contribution is 0.767. The minimum Gasteiger partial charge on any atom is -0.397 e. The van der Waals surface area contributed by atoms with E-state index in [0.29, 0.717) is 21.8 Å². The number of hydrogen-bond acceptors (Lipinski definition) is 3. The number of aromatic nitrogens is 3. The van der Waals surface area contributed by atoms with Gasteiger partial charge in [0.05, 0.1) is 10.7 Å². The predicted molar refractivity (Wildman–Crippen MR) is 85.7 cm³/mol. The molecule has 0 unspecified atom stereocenters. The Hall–Kier alpha value is -1.78. The lowest BCUT2D eigenvalue weighted by atomic mass is 10.1. The number of hydrogen-bond donors (Lipinski definition) is 1. The maximum absolute atomic E-state index is 6.15. The third kappa shape index (κ3) is 2.06. The van der Waals surface area contributed by atoms with Gasteiger partial charge in [0.1, 0.15) is 11.3 Å². The van der Waals surface area contributed by atoms with Gasteiger partial charge in [0.25, 0.3) is 0 Å². The van der Waals surface area contributed by atoms with Crippen LogP contribution in [-0.2, 0) is 0 Å². The summed E-state index contributed by atoms with van der Waals surface area (Å²) in [6.45, 7) is 0. The van der Waals surface area contributed by atoms with Gasteiger partial charge in [-0.2, -0.15) is 0 Å². The summed E-state index contributed by atoms with van der Waals surface area (Å²) in [5.74, 6) is 0.785. The molecule has 0 atom stereocenters. The highest BCUT2D eigenvalue weighted by atomic mass is 35.5. The van der Waals surface area contributed by atoms with E-state index in [1.165, 1.54) is 0 Å². The molecule has 6 heteroatoms. The summed E-state index contributed by atoms with van der Waals surface area (Å²) in [4.78, 5) is 9.15. The summed E-state index contributed by atoms with van der Waals surface area (Å²) in [6, 6.07) is 7.71. The van der Waals surface area contributed by atoms with Crippen molar-refractivity contribution in [2.24, 2.45) is 0 Å². The van der Waals surface area contributed by atoms with E-state index in [1.807, 2.05) is 18.2 Å². The minimum atomic E-state index is 0.428. The first kappa shape index (κ1) is 12.9. The van der Waals surface area contributed by atoms with Gasteiger partial charge >= 0.3 is 0 Å². The monoisotopic (exact) mass is 318 g/mol. The number of nitrogen functional groups attached to an aromatic ring is 1. The highest BCUT2D eigenvalue weighted by Crippen LogP contribution is 2.43.